The number of aromatic nitrogens is 3. The molecule has 3 aromatic rings. The van der Waals surface area contributed by atoms with Crippen molar-refractivity contribution in [2.45, 2.75) is 13.0 Å². The largest absolute Gasteiger partial charge is 0.473 e. The van der Waals surface area contributed by atoms with Crippen molar-refractivity contribution >= 4 is 22.8 Å². The van der Waals surface area contributed by atoms with Crippen molar-refractivity contribution in [3.63, 3.8) is 0 Å². The van der Waals surface area contributed by atoms with E-state index in [1.807, 2.05) is 26.2 Å². The van der Waals surface area contributed by atoms with Gasteiger partial charge in [-0.25, -0.2) is 14.8 Å². The normalized spacial score (nSPS) is 16.1. The highest BCUT2D eigenvalue weighted by atomic mass is 16.5. The summed E-state index contributed by atoms with van der Waals surface area (Å²) in [7, 11) is 5.67. The molecule has 0 saturated carbocycles. The minimum atomic E-state index is -0.250. The van der Waals surface area contributed by atoms with Gasteiger partial charge in [-0.05, 0) is 30.7 Å². The van der Waals surface area contributed by atoms with Crippen LogP contribution in [0.5, 0.6) is 5.88 Å². The number of ether oxygens (including phenoxy) is 2. The number of aryl methyl sites for hydroxylation is 1. The number of anilines is 1. The SMILES string of the molecule is CNC(=O)N1CCO[C@H](COc2nc(-c3ccc(N(C)C)c(C)c3)cc3nccnc23)C1. The van der Waals surface area contributed by atoms with Crippen LogP contribution in [0, 0.1) is 6.92 Å². The summed E-state index contributed by atoms with van der Waals surface area (Å²) < 4.78 is 11.9. The summed E-state index contributed by atoms with van der Waals surface area (Å²) in [5.41, 5.74) is 5.35. The fourth-order valence-corrected chi connectivity index (χ4v) is 3.84. The average molecular weight is 437 g/mol. The van der Waals surface area contributed by atoms with Gasteiger partial charge < -0.3 is 24.6 Å². The van der Waals surface area contributed by atoms with E-state index in [4.69, 9.17) is 14.5 Å². The quantitative estimate of drug-likeness (QED) is 0.657. The van der Waals surface area contributed by atoms with Crippen LogP contribution in [-0.2, 0) is 4.74 Å². The van der Waals surface area contributed by atoms with Gasteiger partial charge in [-0.1, -0.05) is 6.07 Å². The third kappa shape index (κ3) is 4.57. The minimum absolute atomic E-state index is 0.119. The van der Waals surface area contributed by atoms with Crippen molar-refractivity contribution < 1.29 is 14.3 Å². The van der Waals surface area contributed by atoms with Crippen molar-refractivity contribution in [3.8, 4) is 17.1 Å². The Morgan fingerprint density at radius 1 is 1.28 bits per heavy atom. The van der Waals surface area contributed by atoms with Crippen molar-refractivity contribution in [2.75, 3.05) is 52.3 Å². The maximum absolute atomic E-state index is 11.9. The Kier molecular flexibility index (Phi) is 6.36. The summed E-state index contributed by atoms with van der Waals surface area (Å²) in [6.07, 6.45) is 3.03. The van der Waals surface area contributed by atoms with E-state index >= 15 is 0 Å². The first kappa shape index (κ1) is 21.8. The van der Waals surface area contributed by atoms with Crippen molar-refractivity contribution in [1.82, 2.24) is 25.2 Å². The molecule has 1 aliphatic heterocycles. The Morgan fingerprint density at radius 2 is 2.09 bits per heavy atom. The van der Waals surface area contributed by atoms with Gasteiger partial charge in [0.25, 0.3) is 0 Å². The van der Waals surface area contributed by atoms with Gasteiger partial charge in [0.2, 0.25) is 5.88 Å². The molecule has 1 atom stereocenters. The van der Waals surface area contributed by atoms with Crippen LogP contribution in [0.3, 0.4) is 0 Å². The number of fused-ring (bicyclic) bond motifs is 1. The number of benzene rings is 1. The predicted octanol–water partition coefficient (Wildman–Crippen LogP) is 2.49. The molecule has 0 bridgehead atoms. The summed E-state index contributed by atoms with van der Waals surface area (Å²) in [4.78, 5) is 29.4. The Morgan fingerprint density at radius 3 is 2.84 bits per heavy atom. The molecule has 0 radical (unpaired) electrons. The van der Waals surface area contributed by atoms with Gasteiger partial charge >= 0.3 is 6.03 Å². The van der Waals surface area contributed by atoms with E-state index in [1.165, 1.54) is 0 Å². The van der Waals surface area contributed by atoms with Gasteiger partial charge in [0.05, 0.1) is 24.4 Å². The van der Waals surface area contributed by atoms with Crippen LogP contribution < -0.4 is 15.0 Å². The van der Waals surface area contributed by atoms with Crippen molar-refractivity contribution in [1.29, 1.82) is 0 Å². The van der Waals surface area contributed by atoms with Gasteiger partial charge in [0, 0.05) is 51.3 Å². The second-order valence-electron chi connectivity index (χ2n) is 7.94. The molecule has 1 saturated heterocycles. The molecule has 4 rings (SSSR count). The number of urea groups is 1. The zero-order valence-corrected chi connectivity index (χ0v) is 18.8. The molecule has 1 aromatic carbocycles. The first-order chi connectivity index (χ1) is 15.5. The van der Waals surface area contributed by atoms with E-state index in [0.717, 1.165) is 22.5 Å². The third-order valence-electron chi connectivity index (χ3n) is 5.44. The number of nitrogens with zero attached hydrogens (tertiary/aromatic N) is 5. The van der Waals surface area contributed by atoms with E-state index in [0.29, 0.717) is 36.6 Å². The van der Waals surface area contributed by atoms with Crippen LogP contribution >= 0.6 is 0 Å². The lowest BCUT2D eigenvalue weighted by molar-refractivity contribution is -0.0354. The molecule has 3 heterocycles. The predicted molar refractivity (Wildman–Crippen MR) is 123 cm³/mol. The smallest absolute Gasteiger partial charge is 0.317 e. The standard InChI is InChI=1S/C23H28N6O3/c1-15-11-16(5-6-20(15)28(3)4)18-12-19-21(26-8-7-25-19)22(27-18)32-14-17-13-29(9-10-31-17)23(30)24-2/h5-8,11-12,17H,9-10,13-14H2,1-4H3,(H,24,30)/t17-/m0/s1. The van der Waals surface area contributed by atoms with E-state index in [-0.39, 0.29) is 18.7 Å². The monoisotopic (exact) mass is 436 g/mol. The second-order valence-corrected chi connectivity index (χ2v) is 7.94. The van der Waals surface area contributed by atoms with Crippen LogP contribution in [0.1, 0.15) is 5.56 Å². The fourth-order valence-electron chi connectivity index (χ4n) is 3.84. The number of rotatable bonds is 5. The van der Waals surface area contributed by atoms with E-state index < -0.39 is 0 Å². The summed E-state index contributed by atoms with van der Waals surface area (Å²) >= 11 is 0. The van der Waals surface area contributed by atoms with Gasteiger partial charge in [0.1, 0.15) is 12.7 Å². The van der Waals surface area contributed by atoms with E-state index in [9.17, 15) is 4.79 Å². The number of amides is 2. The van der Waals surface area contributed by atoms with E-state index in [2.05, 4.69) is 39.2 Å². The maximum atomic E-state index is 11.9. The number of carbonyl (C=O) groups is 1. The van der Waals surface area contributed by atoms with Gasteiger partial charge in [-0.15, -0.1) is 0 Å². The molecule has 9 nitrogen and oxygen atoms in total. The number of hydrogen-bond donors (Lipinski definition) is 1. The topological polar surface area (TPSA) is 92.7 Å². The molecular formula is C23H28N6O3. The molecule has 2 aromatic heterocycles. The summed E-state index contributed by atoms with van der Waals surface area (Å²) in [5, 5.41) is 2.65. The van der Waals surface area contributed by atoms with Crippen LogP contribution in [0.2, 0.25) is 0 Å². The molecule has 9 heteroatoms. The first-order valence-corrected chi connectivity index (χ1v) is 10.6. The minimum Gasteiger partial charge on any atom is -0.473 e. The fraction of sp³-hybridized carbons (Fsp3) is 0.391. The molecule has 1 aliphatic rings. The van der Waals surface area contributed by atoms with Gasteiger partial charge in [-0.3, -0.25) is 4.98 Å². The maximum Gasteiger partial charge on any atom is 0.317 e. The molecular weight excluding hydrogens is 408 g/mol. The van der Waals surface area contributed by atoms with Crippen LogP contribution in [0.25, 0.3) is 22.3 Å². The molecule has 1 N–H and O–H groups in total. The molecule has 0 unspecified atom stereocenters. The summed E-state index contributed by atoms with van der Waals surface area (Å²) in [5.74, 6) is 0.403. The molecule has 32 heavy (non-hydrogen) atoms. The Hall–Kier alpha value is -3.46. The second kappa shape index (κ2) is 9.35. The first-order valence-electron chi connectivity index (χ1n) is 10.6. The zero-order valence-electron chi connectivity index (χ0n) is 18.8. The van der Waals surface area contributed by atoms with Crippen molar-refractivity contribution in [3.05, 3.63) is 42.2 Å². The lowest BCUT2D eigenvalue weighted by atomic mass is 10.1. The number of pyridine rings is 1. The van der Waals surface area contributed by atoms with Crippen LogP contribution in [-0.4, -0.2) is 79.4 Å². The van der Waals surface area contributed by atoms with E-state index in [1.54, 1.807) is 24.3 Å². The van der Waals surface area contributed by atoms with Gasteiger partial charge in [0.15, 0.2) is 5.52 Å². The molecule has 1 fully saturated rings. The molecule has 0 aliphatic carbocycles. The highest BCUT2D eigenvalue weighted by Crippen LogP contribution is 2.30. The molecule has 0 spiro atoms. The Balaban J connectivity index is 1.60. The number of hydrogen-bond acceptors (Lipinski definition) is 7. The highest BCUT2D eigenvalue weighted by Gasteiger charge is 2.25. The summed E-state index contributed by atoms with van der Waals surface area (Å²) in [6.45, 7) is 3.81. The van der Waals surface area contributed by atoms with Crippen LogP contribution in [0.15, 0.2) is 36.7 Å². The van der Waals surface area contributed by atoms with Crippen molar-refractivity contribution in [2.24, 2.45) is 0 Å². The zero-order chi connectivity index (χ0) is 22.7. The molecule has 168 valence electrons. The highest BCUT2D eigenvalue weighted by molar-refractivity contribution is 5.83. The number of morpholine rings is 1. The summed E-state index contributed by atoms with van der Waals surface area (Å²) in [6, 6.07) is 8.03. The Labute approximate surface area is 187 Å². The lowest BCUT2D eigenvalue weighted by Crippen LogP contribution is -2.50. The third-order valence-corrected chi connectivity index (χ3v) is 5.44. The number of carbonyl (C=O) groups excluding carboxylic acids is 1. The number of nitrogens with one attached hydrogen (secondary N) is 1. The average Bonchev–Trinajstić information content (AvgIpc) is 2.81. The van der Waals surface area contributed by atoms with Crippen LogP contribution in [0.4, 0.5) is 10.5 Å². The lowest BCUT2D eigenvalue weighted by Gasteiger charge is -2.32. The Bertz CT molecular complexity index is 1120. The molecule has 2 amide bonds. The van der Waals surface area contributed by atoms with Gasteiger partial charge in [-0.2, -0.15) is 0 Å².